The molecule has 3 heteroatoms. The van der Waals surface area contributed by atoms with Crippen LogP contribution in [0, 0.1) is 0 Å². The molecule has 2 unspecified atom stereocenters. The molecule has 1 aromatic carbocycles. The highest BCUT2D eigenvalue weighted by molar-refractivity contribution is 5.58. The standard InChI is InChI=1S/C11H13NO2/c13-8-9-6-11(7-12-9)14-10-4-2-1-3-5-10/h1-5,8-9,11-12H,6-7H2. The Kier molecular flexibility index (Phi) is 2.79. The first-order valence-corrected chi connectivity index (χ1v) is 4.79. The summed E-state index contributed by atoms with van der Waals surface area (Å²) < 4.78 is 5.69. The minimum Gasteiger partial charge on any atom is -0.489 e. The quantitative estimate of drug-likeness (QED) is 0.724. The number of benzene rings is 1. The summed E-state index contributed by atoms with van der Waals surface area (Å²) in [5.74, 6) is 0.867. The molecule has 0 bridgehead atoms. The normalized spacial score (nSPS) is 26.0. The number of rotatable bonds is 3. The summed E-state index contributed by atoms with van der Waals surface area (Å²) >= 11 is 0. The van der Waals surface area contributed by atoms with E-state index in [0.717, 1.165) is 25.0 Å². The average Bonchev–Trinajstić information content (AvgIpc) is 2.67. The van der Waals surface area contributed by atoms with Crippen molar-refractivity contribution in [1.82, 2.24) is 5.32 Å². The second-order valence-corrected chi connectivity index (χ2v) is 3.44. The van der Waals surface area contributed by atoms with E-state index in [1.807, 2.05) is 30.3 Å². The zero-order valence-corrected chi connectivity index (χ0v) is 7.85. The molecule has 0 radical (unpaired) electrons. The van der Waals surface area contributed by atoms with Crippen molar-refractivity contribution in [3.05, 3.63) is 30.3 Å². The summed E-state index contributed by atoms with van der Waals surface area (Å²) in [6, 6.07) is 9.64. The molecular formula is C11H13NO2. The lowest BCUT2D eigenvalue weighted by molar-refractivity contribution is -0.109. The fourth-order valence-corrected chi connectivity index (χ4v) is 1.62. The minimum absolute atomic E-state index is 0.0382. The predicted molar refractivity (Wildman–Crippen MR) is 53.3 cm³/mol. The number of carbonyl (C=O) groups excluding carboxylic acids is 1. The van der Waals surface area contributed by atoms with Crippen LogP contribution in [0.5, 0.6) is 5.75 Å². The van der Waals surface area contributed by atoms with E-state index in [2.05, 4.69) is 5.32 Å². The molecule has 1 aliphatic heterocycles. The predicted octanol–water partition coefficient (Wildman–Crippen LogP) is 0.995. The van der Waals surface area contributed by atoms with E-state index in [-0.39, 0.29) is 12.1 Å². The summed E-state index contributed by atoms with van der Waals surface area (Å²) in [4.78, 5) is 10.5. The monoisotopic (exact) mass is 191 g/mol. The Bertz CT molecular complexity index is 299. The largest absolute Gasteiger partial charge is 0.489 e. The summed E-state index contributed by atoms with van der Waals surface area (Å²) in [5.41, 5.74) is 0. The molecule has 2 atom stereocenters. The van der Waals surface area contributed by atoms with Gasteiger partial charge in [-0.2, -0.15) is 0 Å². The number of hydrogen-bond acceptors (Lipinski definition) is 3. The molecule has 0 saturated carbocycles. The van der Waals surface area contributed by atoms with Crippen molar-refractivity contribution in [2.75, 3.05) is 6.54 Å². The van der Waals surface area contributed by atoms with Gasteiger partial charge in [-0.15, -0.1) is 0 Å². The molecule has 0 amide bonds. The number of ether oxygens (including phenoxy) is 1. The first kappa shape index (κ1) is 9.21. The van der Waals surface area contributed by atoms with Crippen LogP contribution in [-0.4, -0.2) is 25.0 Å². The molecule has 2 rings (SSSR count). The van der Waals surface area contributed by atoms with E-state index in [4.69, 9.17) is 4.74 Å². The maximum atomic E-state index is 10.5. The highest BCUT2D eigenvalue weighted by Gasteiger charge is 2.24. The Balaban J connectivity index is 1.90. The van der Waals surface area contributed by atoms with Gasteiger partial charge < -0.3 is 14.8 Å². The van der Waals surface area contributed by atoms with Gasteiger partial charge in [-0.05, 0) is 12.1 Å². The molecule has 1 aliphatic rings. The van der Waals surface area contributed by atoms with Crippen LogP contribution in [0.15, 0.2) is 30.3 Å². The van der Waals surface area contributed by atoms with Gasteiger partial charge in [-0.25, -0.2) is 0 Å². The lowest BCUT2D eigenvalue weighted by Gasteiger charge is -2.11. The van der Waals surface area contributed by atoms with Crippen LogP contribution in [0.25, 0.3) is 0 Å². The van der Waals surface area contributed by atoms with Crippen LogP contribution in [0.2, 0.25) is 0 Å². The summed E-state index contributed by atoms with van der Waals surface area (Å²) in [6.07, 6.45) is 1.82. The number of nitrogens with one attached hydrogen (secondary N) is 1. The Labute approximate surface area is 83.1 Å². The first-order valence-electron chi connectivity index (χ1n) is 4.79. The lowest BCUT2D eigenvalue weighted by Crippen LogP contribution is -2.22. The fraction of sp³-hybridized carbons (Fsp3) is 0.364. The summed E-state index contributed by atoms with van der Waals surface area (Å²) in [7, 11) is 0. The molecule has 74 valence electrons. The highest BCUT2D eigenvalue weighted by atomic mass is 16.5. The van der Waals surface area contributed by atoms with Crippen molar-refractivity contribution in [3.63, 3.8) is 0 Å². The maximum Gasteiger partial charge on any atom is 0.137 e. The number of para-hydroxylation sites is 1. The molecule has 0 spiro atoms. The third kappa shape index (κ3) is 2.12. The Morgan fingerprint density at radius 2 is 2.14 bits per heavy atom. The van der Waals surface area contributed by atoms with Crippen molar-refractivity contribution in [2.24, 2.45) is 0 Å². The van der Waals surface area contributed by atoms with Crippen LogP contribution in [0.3, 0.4) is 0 Å². The third-order valence-corrected chi connectivity index (χ3v) is 2.33. The Morgan fingerprint density at radius 3 is 2.79 bits per heavy atom. The van der Waals surface area contributed by atoms with E-state index in [1.54, 1.807) is 0 Å². The topological polar surface area (TPSA) is 38.3 Å². The molecule has 3 nitrogen and oxygen atoms in total. The molecule has 0 aliphatic carbocycles. The van der Waals surface area contributed by atoms with Crippen LogP contribution < -0.4 is 10.1 Å². The average molecular weight is 191 g/mol. The van der Waals surface area contributed by atoms with Gasteiger partial charge in [-0.3, -0.25) is 0 Å². The van der Waals surface area contributed by atoms with Gasteiger partial charge in [0.25, 0.3) is 0 Å². The minimum atomic E-state index is -0.0382. The van der Waals surface area contributed by atoms with Crippen LogP contribution in [-0.2, 0) is 4.79 Å². The molecule has 0 aromatic heterocycles. The SMILES string of the molecule is O=CC1CC(Oc2ccccc2)CN1. The van der Waals surface area contributed by atoms with Gasteiger partial charge in [0.1, 0.15) is 18.1 Å². The van der Waals surface area contributed by atoms with Gasteiger partial charge in [0.2, 0.25) is 0 Å². The zero-order chi connectivity index (χ0) is 9.80. The van der Waals surface area contributed by atoms with Gasteiger partial charge in [0.15, 0.2) is 0 Å². The molecule has 1 N–H and O–H groups in total. The molecule has 1 saturated heterocycles. The molecular weight excluding hydrogens is 178 g/mol. The molecule has 1 aromatic rings. The number of aldehydes is 1. The van der Waals surface area contributed by atoms with E-state index in [9.17, 15) is 4.79 Å². The second kappa shape index (κ2) is 4.24. The van der Waals surface area contributed by atoms with Crippen LogP contribution in [0.4, 0.5) is 0 Å². The molecule has 14 heavy (non-hydrogen) atoms. The number of carbonyl (C=O) groups is 1. The number of hydrogen-bond donors (Lipinski definition) is 1. The molecule has 1 heterocycles. The third-order valence-electron chi connectivity index (χ3n) is 2.33. The first-order chi connectivity index (χ1) is 6.88. The van der Waals surface area contributed by atoms with E-state index >= 15 is 0 Å². The maximum absolute atomic E-state index is 10.5. The van der Waals surface area contributed by atoms with Crippen LogP contribution >= 0.6 is 0 Å². The van der Waals surface area contributed by atoms with Crippen LogP contribution in [0.1, 0.15) is 6.42 Å². The van der Waals surface area contributed by atoms with Crippen molar-refractivity contribution < 1.29 is 9.53 Å². The second-order valence-electron chi connectivity index (χ2n) is 3.44. The van der Waals surface area contributed by atoms with E-state index in [0.29, 0.717) is 0 Å². The van der Waals surface area contributed by atoms with Gasteiger partial charge in [0.05, 0.1) is 6.04 Å². The fourth-order valence-electron chi connectivity index (χ4n) is 1.62. The van der Waals surface area contributed by atoms with Crippen molar-refractivity contribution in [3.8, 4) is 5.75 Å². The van der Waals surface area contributed by atoms with Crippen molar-refractivity contribution in [1.29, 1.82) is 0 Å². The van der Waals surface area contributed by atoms with Gasteiger partial charge in [0, 0.05) is 13.0 Å². The highest BCUT2D eigenvalue weighted by Crippen LogP contribution is 2.15. The molecule has 1 fully saturated rings. The Hall–Kier alpha value is -1.35. The summed E-state index contributed by atoms with van der Waals surface area (Å²) in [6.45, 7) is 0.748. The Morgan fingerprint density at radius 1 is 1.36 bits per heavy atom. The van der Waals surface area contributed by atoms with Gasteiger partial charge >= 0.3 is 0 Å². The van der Waals surface area contributed by atoms with Gasteiger partial charge in [-0.1, -0.05) is 18.2 Å². The lowest BCUT2D eigenvalue weighted by atomic mass is 10.2. The smallest absolute Gasteiger partial charge is 0.137 e. The van der Waals surface area contributed by atoms with E-state index < -0.39 is 0 Å². The van der Waals surface area contributed by atoms with Crippen molar-refractivity contribution >= 4 is 6.29 Å². The van der Waals surface area contributed by atoms with E-state index in [1.165, 1.54) is 0 Å². The van der Waals surface area contributed by atoms with Crippen molar-refractivity contribution in [2.45, 2.75) is 18.6 Å². The summed E-state index contributed by atoms with van der Waals surface area (Å²) in [5, 5.41) is 3.08. The zero-order valence-electron chi connectivity index (χ0n) is 7.85.